The average molecular weight is 257 g/mol. The van der Waals surface area contributed by atoms with E-state index < -0.39 is 0 Å². The molecule has 2 nitrogen and oxygen atoms in total. The molecule has 0 aromatic heterocycles. The second kappa shape index (κ2) is 5.60. The van der Waals surface area contributed by atoms with Gasteiger partial charge in [-0.25, -0.2) is 0 Å². The van der Waals surface area contributed by atoms with Gasteiger partial charge >= 0.3 is 0 Å². The van der Waals surface area contributed by atoms with Crippen LogP contribution in [0.25, 0.3) is 6.08 Å². The quantitative estimate of drug-likeness (QED) is 0.804. The third kappa shape index (κ3) is 3.95. The minimum Gasteiger partial charge on any atom is -0.334 e. The fourth-order valence-corrected chi connectivity index (χ4v) is 2.10. The maximum absolute atomic E-state index is 12.3. The predicted molar refractivity (Wildman–Crippen MR) is 79.7 cm³/mol. The molecule has 0 atom stereocenters. The third-order valence-electron chi connectivity index (χ3n) is 3.40. The summed E-state index contributed by atoms with van der Waals surface area (Å²) < 4.78 is 0. The Hall–Kier alpha value is -1.57. The Bertz CT molecular complexity index is 452. The van der Waals surface area contributed by atoms with E-state index in [0.717, 1.165) is 12.8 Å². The monoisotopic (exact) mass is 257 g/mol. The zero-order chi connectivity index (χ0) is 13.9. The van der Waals surface area contributed by atoms with Gasteiger partial charge in [0.1, 0.15) is 0 Å². The van der Waals surface area contributed by atoms with Crippen LogP contribution in [-0.2, 0) is 4.79 Å². The van der Waals surface area contributed by atoms with Gasteiger partial charge in [-0.1, -0.05) is 42.5 Å². The number of nitrogens with zero attached hydrogens (tertiary/aromatic N) is 1. The van der Waals surface area contributed by atoms with Crippen molar-refractivity contribution in [3.63, 3.8) is 0 Å². The van der Waals surface area contributed by atoms with Gasteiger partial charge in [0.05, 0.1) is 0 Å². The molecule has 1 aliphatic rings. The fourth-order valence-electron chi connectivity index (χ4n) is 2.10. The molecule has 1 amide bonds. The van der Waals surface area contributed by atoms with E-state index in [1.54, 1.807) is 0 Å². The first kappa shape index (κ1) is 13.9. The number of carbonyl (C=O) groups is 1. The van der Waals surface area contributed by atoms with Crippen molar-refractivity contribution < 1.29 is 4.79 Å². The van der Waals surface area contributed by atoms with Crippen LogP contribution in [0, 0.1) is 5.92 Å². The normalized spacial score (nSPS) is 15.7. The molecule has 19 heavy (non-hydrogen) atoms. The van der Waals surface area contributed by atoms with Crippen LogP contribution in [0.2, 0.25) is 0 Å². The smallest absolute Gasteiger partial charge is 0.226 e. The van der Waals surface area contributed by atoms with Crippen LogP contribution in [0.3, 0.4) is 0 Å². The lowest BCUT2D eigenvalue weighted by atomic mass is 10.0. The van der Waals surface area contributed by atoms with E-state index in [0.29, 0.717) is 12.5 Å². The van der Waals surface area contributed by atoms with Gasteiger partial charge in [0, 0.05) is 18.0 Å². The molecular formula is C17H23NO. The molecule has 0 aliphatic heterocycles. The molecule has 2 rings (SSSR count). The van der Waals surface area contributed by atoms with Crippen LogP contribution < -0.4 is 0 Å². The fraction of sp³-hybridized carbons (Fsp3) is 0.471. The average Bonchev–Trinajstić information content (AvgIpc) is 3.18. The summed E-state index contributed by atoms with van der Waals surface area (Å²) in [5, 5.41) is 0. The number of hydrogen-bond donors (Lipinski definition) is 0. The zero-order valence-electron chi connectivity index (χ0n) is 12.1. The Morgan fingerprint density at radius 1 is 1.26 bits per heavy atom. The number of carbonyl (C=O) groups excluding carboxylic acids is 1. The van der Waals surface area contributed by atoms with Crippen LogP contribution >= 0.6 is 0 Å². The van der Waals surface area contributed by atoms with E-state index >= 15 is 0 Å². The third-order valence-corrected chi connectivity index (χ3v) is 3.40. The number of benzene rings is 1. The molecule has 0 radical (unpaired) electrons. The molecule has 0 heterocycles. The summed E-state index contributed by atoms with van der Waals surface area (Å²) in [7, 11) is 0. The summed E-state index contributed by atoms with van der Waals surface area (Å²) in [4.78, 5) is 14.3. The summed E-state index contributed by atoms with van der Waals surface area (Å²) in [5.41, 5.74) is 1.07. The van der Waals surface area contributed by atoms with Gasteiger partial charge in [-0.05, 0) is 39.2 Å². The molecule has 0 unspecified atom stereocenters. The van der Waals surface area contributed by atoms with Crippen molar-refractivity contribution in [3.8, 4) is 0 Å². The van der Waals surface area contributed by atoms with Gasteiger partial charge in [-0.2, -0.15) is 0 Å². The molecule has 0 bridgehead atoms. The summed E-state index contributed by atoms with van der Waals surface area (Å²) in [5.74, 6) is 0.592. The number of rotatable bonds is 4. The molecule has 1 aromatic carbocycles. The zero-order valence-corrected chi connectivity index (χ0v) is 12.1. The maximum Gasteiger partial charge on any atom is 0.226 e. The second-order valence-corrected chi connectivity index (χ2v) is 6.21. The van der Waals surface area contributed by atoms with Crippen LogP contribution in [-0.4, -0.2) is 22.9 Å². The Kier molecular flexibility index (Phi) is 4.08. The SMILES string of the molecule is CC(C)(C)N(CC=Cc1ccccc1)C(=O)C1CC1. The first-order valence-corrected chi connectivity index (χ1v) is 7.01. The number of hydrogen-bond acceptors (Lipinski definition) is 1. The minimum atomic E-state index is -0.110. The summed E-state index contributed by atoms with van der Waals surface area (Å²) in [6, 6.07) is 10.2. The van der Waals surface area contributed by atoms with Crippen molar-refractivity contribution in [2.45, 2.75) is 39.2 Å². The van der Waals surface area contributed by atoms with Gasteiger partial charge in [-0.3, -0.25) is 4.79 Å². The van der Waals surface area contributed by atoms with Gasteiger partial charge in [0.15, 0.2) is 0 Å². The Balaban J connectivity index is 2.00. The van der Waals surface area contributed by atoms with Gasteiger partial charge in [-0.15, -0.1) is 0 Å². The van der Waals surface area contributed by atoms with E-state index in [-0.39, 0.29) is 11.5 Å². The largest absolute Gasteiger partial charge is 0.334 e. The summed E-state index contributed by atoms with van der Waals surface area (Å²) in [6.07, 6.45) is 6.29. The first-order valence-electron chi connectivity index (χ1n) is 7.01. The standard InChI is InChI=1S/C17H23NO/c1-17(2,3)18(16(19)15-11-12-15)13-7-10-14-8-5-4-6-9-14/h4-10,15H,11-13H2,1-3H3. The highest BCUT2D eigenvalue weighted by atomic mass is 16.2. The van der Waals surface area contributed by atoms with Crippen LogP contribution in [0.5, 0.6) is 0 Å². The summed E-state index contributed by atoms with van der Waals surface area (Å²) >= 11 is 0. The van der Waals surface area contributed by atoms with E-state index in [2.05, 4.69) is 45.1 Å². The van der Waals surface area contributed by atoms with E-state index in [1.807, 2.05) is 23.1 Å². The second-order valence-electron chi connectivity index (χ2n) is 6.21. The highest BCUT2D eigenvalue weighted by molar-refractivity contribution is 5.82. The van der Waals surface area contributed by atoms with Crippen LogP contribution in [0.1, 0.15) is 39.2 Å². The van der Waals surface area contributed by atoms with Crippen molar-refractivity contribution in [1.29, 1.82) is 0 Å². The van der Waals surface area contributed by atoms with Crippen molar-refractivity contribution in [1.82, 2.24) is 4.90 Å². The lowest BCUT2D eigenvalue weighted by Crippen LogP contribution is -2.46. The molecule has 102 valence electrons. The van der Waals surface area contributed by atoms with Crippen molar-refractivity contribution >= 4 is 12.0 Å². The Morgan fingerprint density at radius 3 is 2.42 bits per heavy atom. The maximum atomic E-state index is 12.3. The molecule has 0 saturated heterocycles. The summed E-state index contributed by atoms with van der Waals surface area (Å²) in [6.45, 7) is 6.99. The molecule has 1 saturated carbocycles. The van der Waals surface area contributed by atoms with Crippen molar-refractivity contribution in [2.75, 3.05) is 6.54 Å². The van der Waals surface area contributed by atoms with Crippen molar-refractivity contribution in [2.24, 2.45) is 5.92 Å². The lowest BCUT2D eigenvalue weighted by molar-refractivity contribution is -0.136. The molecule has 1 fully saturated rings. The Labute approximate surface area is 116 Å². The van der Waals surface area contributed by atoms with Crippen LogP contribution in [0.15, 0.2) is 36.4 Å². The van der Waals surface area contributed by atoms with Gasteiger partial charge in [0.25, 0.3) is 0 Å². The van der Waals surface area contributed by atoms with Crippen molar-refractivity contribution in [3.05, 3.63) is 42.0 Å². The highest BCUT2D eigenvalue weighted by Crippen LogP contribution is 2.33. The highest BCUT2D eigenvalue weighted by Gasteiger charge is 2.36. The van der Waals surface area contributed by atoms with Gasteiger partial charge in [0.2, 0.25) is 5.91 Å². The molecule has 0 spiro atoms. The minimum absolute atomic E-state index is 0.110. The molecule has 2 heteroatoms. The number of amides is 1. The molecule has 1 aliphatic carbocycles. The predicted octanol–water partition coefficient (Wildman–Crippen LogP) is 3.74. The lowest BCUT2D eigenvalue weighted by Gasteiger charge is -2.35. The van der Waals surface area contributed by atoms with E-state index in [4.69, 9.17) is 0 Å². The molecular weight excluding hydrogens is 234 g/mol. The first-order chi connectivity index (χ1) is 8.98. The van der Waals surface area contributed by atoms with E-state index in [1.165, 1.54) is 5.56 Å². The topological polar surface area (TPSA) is 20.3 Å². The molecule has 1 aromatic rings. The van der Waals surface area contributed by atoms with E-state index in [9.17, 15) is 4.79 Å². The molecule has 0 N–H and O–H groups in total. The Morgan fingerprint density at radius 2 is 1.89 bits per heavy atom. The van der Waals surface area contributed by atoms with Gasteiger partial charge < -0.3 is 4.90 Å². The van der Waals surface area contributed by atoms with Crippen LogP contribution in [0.4, 0.5) is 0 Å².